The molecule has 0 aliphatic heterocycles. The number of nitrogens with one attached hydrogen (secondary N) is 3. The van der Waals surface area contributed by atoms with Crippen molar-refractivity contribution in [2.45, 2.75) is 115 Å². The van der Waals surface area contributed by atoms with E-state index in [1.165, 1.54) is 44.9 Å². The van der Waals surface area contributed by atoms with Gasteiger partial charge in [0.1, 0.15) is 11.7 Å². The molecule has 1 aromatic heterocycles. The van der Waals surface area contributed by atoms with Crippen LogP contribution in [0.15, 0.2) is 36.5 Å². The van der Waals surface area contributed by atoms with Crippen LogP contribution >= 0.6 is 0 Å². The van der Waals surface area contributed by atoms with Crippen molar-refractivity contribution < 1.29 is 14.4 Å². The molecular weight excluding hydrogens is 550 g/mol. The number of nitrogens with zero attached hydrogens (tertiary/aromatic N) is 2. The number of hydrogen-bond donors (Lipinski definition) is 3. The van der Waals surface area contributed by atoms with Gasteiger partial charge < -0.3 is 16.0 Å². The van der Waals surface area contributed by atoms with Gasteiger partial charge in [0, 0.05) is 25.5 Å². The molecule has 6 rings (SSSR count). The fourth-order valence-corrected chi connectivity index (χ4v) is 8.41. The van der Waals surface area contributed by atoms with Crippen molar-refractivity contribution in [2.75, 3.05) is 11.9 Å². The average molecular weight is 602 g/mol. The van der Waals surface area contributed by atoms with Crippen molar-refractivity contribution in [3.63, 3.8) is 0 Å². The number of carbonyl (C=O) groups excluding carboxylic acids is 3. The lowest BCUT2D eigenvalue weighted by atomic mass is 9.70. The Bertz CT molecular complexity index is 1330. The summed E-state index contributed by atoms with van der Waals surface area (Å²) in [7, 11) is 1.75. The maximum Gasteiger partial charge on any atom is 0.270 e. The minimum absolute atomic E-state index is 0.105. The van der Waals surface area contributed by atoms with Crippen molar-refractivity contribution in [3.8, 4) is 0 Å². The van der Waals surface area contributed by atoms with Crippen LogP contribution in [-0.4, -0.2) is 40.1 Å². The molecule has 4 saturated carbocycles. The number of benzene rings is 1. The minimum Gasteiger partial charge on any atom is -0.355 e. The number of rotatable bonds is 11. The Kier molecular flexibility index (Phi) is 9.16. The molecule has 4 aliphatic carbocycles. The predicted octanol–water partition coefficient (Wildman–Crippen LogP) is 6.27. The van der Waals surface area contributed by atoms with Gasteiger partial charge in [-0.05, 0) is 85.5 Å². The molecule has 3 amide bonds. The molecule has 238 valence electrons. The van der Waals surface area contributed by atoms with E-state index in [4.69, 9.17) is 0 Å². The van der Waals surface area contributed by atoms with Crippen molar-refractivity contribution in [1.82, 2.24) is 20.4 Å². The summed E-state index contributed by atoms with van der Waals surface area (Å²) < 4.78 is 1.56. The first kappa shape index (κ1) is 30.8. The van der Waals surface area contributed by atoms with E-state index in [2.05, 4.69) is 28.0 Å². The maximum atomic E-state index is 14.3. The number of carbonyl (C=O) groups is 3. The second kappa shape index (κ2) is 13.1. The highest BCUT2D eigenvalue weighted by Crippen LogP contribution is 2.47. The Hall–Kier alpha value is -3.16. The minimum atomic E-state index is -0.636. The molecule has 44 heavy (non-hydrogen) atoms. The lowest BCUT2D eigenvalue weighted by molar-refractivity contribution is -0.127. The molecule has 2 atom stereocenters. The molecule has 1 heterocycles. The quantitative estimate of drug-likeness (QED) is 0.264. The van der Waals surface area contributed by atoms with Crippen molar-refractivity contribution in [3.05, 3.63) is 47.8 Å². The standard InChI is InChI=1S/C36H51N5O3/c1-35(18-10-19-35)24-37-34(44)36(20-7-8-21-36)27-13-9-14-28(23-27)39-33(43)31(40-32(42)29-17-22-38-41(29)2)30(26-15-16-26)25-11-5-3-4-6-12-25/h9,13-14,17,22-23,25-26,30-31H,3-8,10-12,15-16,18-21,24H2,1-2H3,(H,37,44)(H,39,43)(H,40,42)/t30?,31-/m0/s1. The van der Waals surface area contributed by atoms with Crippen LogP contribution in [0.25, 0.3) is 0 Å². The fraction of sp³-hybridized carbons (Fsp3) is 0.667. The molecule has 0 radical (unpaired) electrons. The lowest BCUT2D eigenvalue weighted by Crippen LogP contribution is -2.51. The van der Waals surface area contributed by atoms with Gasteiger partial charge in [-0.3, -0.25) is 19.1 Å². The zero-order valence-corrected chi connectivity index (χ0v) is 26.7. The van der Waals surface area contributed by atoms with Gasteiger partial charge in [0.15, 0.2) is 0 Å². The molecule has 3 N–H and O–H groups in total. The van der Waals surface area contributed by atoms with E-state index < -0.39 is 11.5 Å². The van der Waals surface area contributed by atoms with E-state index in [0.717, 1.165) is 63.5 Å². The van der Waals surface area contributed by atoms with Gasteiger partial charge in [0.05, 0.1) is 5.41 Å². The highest BCUT2D eigenvalue weighted by atomic mass is 16.2. The van der Waals surface area contributed by atoms with Gasteiger partial charge in [-0.1, -0.05) is 76.8 Å². The molecule has 8 nitrogen and oxygen atoms in total. The van der Waals surface area contributed by atoms with Gasteiger partial charge in [-0.15, -0.1) is 0 Å². The van der Waals surface area contributed by atoms with Crippen LogP contribution in [0.5, 0.6) is 0 Å². The largest absolute Gasteiger partial charge is 0.355 e. The van der Waals surface area contributed by atoms with Gasteiger partial charge in [0.2, 0.25) is 11.8 Å². The molecule has 4 aliphatic rings. The monoisotopic (exact) mass is 601 g/mol. The second-order valence-corrected chi connectivity index (χ2v) is 14.7. The fourth-order valence-electron chi connectivity index (χ4n) is 8.41. The van der Waals surface area contributed by atoms with E-state index in [1.54, 1.807) is 24.0 Å². The summed E-state index contributed by atoms with van der Waals surface area (Å²) in [6.45, 7) is 2.99. The van der Waals surface area contributed by atoms with Gasteiger partial charge in [-0.2, -0.15) is 5.10 Å². The third-order valence-electron chi connectivity index (χ3n) is 11.4. The Morgan fingerprint density at radius 3 is 2.23 bits per heavy atom. The Balaban J connectivity index is 1.24. The summed E-state index contributed by atoms with van der Waals surface area (Å²) in [4.78, 5) is 41.6. The third kappa shape index (κ3) is 6.59. The zero-order chi connectivity index (χ0) is 30.7. The number of hydrogen-bond acceptors (Lipinski definition) is 4. The number of aromatic nitrogens is 2. The van der Waals surface area contributed by atoms with Crippen LogP contribution in [0.4, 0.5) is 5.69 Å². The topological polar surface area (TPSA) is 105 Å². The second-order valence-electron chi connectivity index (χ2n) is 14.7. The average Bonchev–Trinajstić information content (AvgIpc) is 3.64. The normalized spacial score (nSPS) is 22.7. The summed E-state index contributed by atoms with van der Waals surface area (Å²) in [5, 5.41) is 13.9. The summed E-state index contributed by atoms with van der Waals surface area (Å²) in [5.41, 5.74) is 1.76. The van der Waals surface area contributed by atoms with Crippen LogP contribution in [0.3, 0.4) is 0 Å². The van der Waals surface area contributed by atoms with E-state index >= 15 is 0 Å². The maximum absolute atomic E-state index is 14.3. The number of aryl methyl sites for hydroxylation is 1. The molecular formula is C36H51N5O3. The molecule has 0 saturated heterocycles. The van der Waals surface area contributed by atoms with Crippen LogP contribution in [0, 0.1) is 23.2 Å². The Labute approximate surface area is 262 Å². The Morgan fingerprint density at radius 2 is 1.61 bits per heavy atom. The SMILES string of the molecule is Cn1nccc1C(=O)N[C@H](C(=O)Nc1cccc(C2(C(=O)NCC3(C)CCC3)CCCC2)c1)C(C1CCCCCC1)C1CC1. The van der Waals surface area contributed by atoms with Crippen LogP contribution in [0.2, 0.25) is 0 Å². The first-order valence-electron chi connectivity index (χ1n) is 17.3. The number of amides is 3. The third-order valence-corrected chi connectivity index (χ3v) is 11.4. The smallest absolute Gasteiger partial charge is 0.270 e. The lowest BCUT2D eigenvalue weighted by Gasteiger charge is -2.39. The van der Waals surface area contributed by atoms with Crippen molar-refractivity contribution in [1.29, 1.82) is 0 Å². The molecule has 2 aromatic rings. The van der Waals surface area contributed by atoms with Crippen molar-refractivity contribution >= 4 is 23.4 Å². The summed E-state index contributed by atoms with van der Waals surface area (Å²) in [5.74, 6) is 0.668. The molecule has 4 fully saturated rings. The highest BCUT2D eigenvalue weighted by molar-refractivity contribution is 6.01. The van der Waals surface area contributed by atoms with Crippen molar-refractivity contribution in [2.24, 2.45) is 30.2 Å². The molecule has 0 bridgehead atoms. The first-order chi connectivity index (χ1) is 21.3. The van der Waals surface area contributed by atoms with Crippen LogP contribution < -0.4 is 16.0 Å². The molecule has 1 aromatic carbocycles. The first-order valence-corrected chi connectivity index (χ1v) is 17.3. The van der Waals surface area contributed by atoms with E-state index in [9.17, 15) is 14.4 Å². The van der Waals surface area contributed by atoms with Gasteiger partial charge >= 0.3 is 0 Å². The van der Waals surface area contributed by atoms with Gasteiger partial charge in [-0.25, -0.2) is 0 Å². The molecule has 1 unspecified atom stereocenters. The Morgan fingerprint density at radius 1 is 0.909 bits per heavy atom. The van der Waals surface area contributed by atoms with Gasteiger partial charge in [0.25, 0.3) is 5.91 Å². The van der Waals surface area contributed by atoms with E-state index in [0.29, 0.717) is 23.2 Å². The van der Waals surface area contributed by atoms with E-state index in [1.807, 2.05) is 24.3 Å². The van der Waals surface area contributed by atoms with Crippen LogP contribution in [0.1, 0.15) is 119 Å². The van der Waals surface area contributed by atoms with E-state index in [-0.39, 0.29) is 29.1 Å². The summed E-state index contributed by atoms with van der Waals surface area (Å²) in [6.07, 6.45) is 18.2. The highest BCUT2D eigenvalue weighted by Gasteiger charge is 2.46. The summed E-state index contributed by atoms with van der Waals surface area (Å²) >= 11 is 0. The predicted molar refractivity (Wildman–Crippen MR) is 172 cm³/mol. The molecule has 8 heteroatoms. The zero-order valence-electron chi connectivity index (χ0n) is 26.7. The summed E-state index contributed by atoms with van der Waals surface area (Å²) in [6, 6.07) is 8.98. The van der Waals surface area contributed by atoms with Crippen LogP contribution in [-0.2, 0) is 22.1 Å². The molecule has 0 spiro atoms. The number of anilines is 1.